The summed E-state index contributed by atoms with van der Waals surface area (Å²) in [5.74, 6) is 1.24. The van der Waals surface area contributed by atoms with Crippen molar-refractivity contribution in [3.05, 3.63) is 66.4 Å². The number of piperazine rings is 1. The second-order valence-electron chi connectivity index (χ2n) is 6.60. The maximum atomic E-state index is 12.3. The minimum atomic E-state index is -0.269. The molecule has 28 heavy (non-hydrogen) atoms. The van der Waals surface area contributed by atoms with Crippen LogP contribution in [-0.2, 0) is 0 Å². The van der Waals surface area contributed by atoms with Crippen molar-refractivity contribution in [1.82, 2.24) is 19.9 Å². The van der Waals surface area contributed by atoms with Gasteiger partial charge in [0.05, 0.1) is 12.4 Å². The summed E-state index contributed by atoms with van der Waals surface area (Å²) in [7, 11) is 0. The van der Waals surface area contributed by atoms with Crippen molar-refractivity contribution in [3.63, 3.8) is 0 Å². The number of hydrogen-bond acceptors (Lipinski definition) is 7. The monoisotopic (exact) mass is 375 g/mol. The third-order valence-corrected chi connectivity index (χ3v) is 4.62. The highest BCUT2D eigenvalue weighted by Gasteiger charge is 2.20. The Morgan fingerprint density at radius 3 is 2.21 bits per heavy atom. The number of nitrogens with one attached hydrogen (secondary N) is 1. The number of rotatable bonds is 4. The fourth-order valence-corrected chi connectivity index (χ4v) is 3.02. The van der Waals surface area contributed by atoms with Crippen LogP contribution in [0.5, 0.6) is 0 Å². The molecule has 2 aromatic heterocycles. The van der Waals surface area contributed by atoms with Gasteiger partial charge in [-0.25, -0.2) is 19.9 Å². The molecule has 1 saturated heterocycles. The van der Waals surface area contributed by atoms with Crippen molar-refractivity contribution in [3.8, 4) is 0 Å². The van der Waals surface area contributed by atoms with Gasteiger partial charge >= 0.3 is 0 Å². The van der Waals surface area contributed by atoms with E-state index in [4.69, 9.17) is 0 Å². The summed E-state index contributed by atoms with van der Waals surface area (Å²) in [6, 6.07) is 9.44. The van der Waals surface area contributed by atoms with Gasteiger partial charge in [0.1, 0.15) is 11.5 Å². The first kappa shape index (κ1) is 17.8. The summed E-state index contributed by atoms with van der Waals surface area (Å²) >= 11 is 0. The first-order valence-electron chi connectivity index (χ1n) is 9.16. The van der Waals surface area contributed by atoms with Crippen LogP contribution in [0, 0.1) is 6.92 Å². The standard InChI is InChI=1S/C20H21N7O/c1-15-3-5-16(6-4-15)25-19(28)17-13-24-18(14-23-17)26-9-11-27(12-10-26)20-21-7-2-8-22-20/h2-8,13-14H,9-12H2,1H3,(H,25,28). The molecule has 0 bridgehead atoms. The Hall–Kier alpha value is -3.55. The third-order valence-electron chi connectivity index (χ3n) is 4.62. The number of nitrogens with zero attached hydrogens (tertiary/aromatic N) is 6. The summed E-state index contributed by atoms with van der Waals surface area (Å²) in [4.78, 5) is 33.9. The summed E-state index contributed by atoms with van der Waals surface area (Å²) in [5, 5.41) is 2.83. The van der Waals surface area contributed by atoms with E-state index in [1.165, 1.54) is 6.20 Å². The molecular formula is C20H21N7O. The maximum Gasteiger partial charge on any atom is 0.275 e. The average Bonchev–Trinajstić information content (AvgIpc) is 2.76. The van der Waals surface area contributed by atoms with Crippen LogP contribution in [0.3, 0.4) is 0 Å². The second kappa shape index (κ2) is 7.99. The lowest BCUT2D eigenvalue weighted by molar-refractivity contribution is 0.102. The van der Waals surface area contributed by atoms with Crippen LogP contribution < -0.4 is 15.1 Å². The first-order valence-corrected chi connectivity index (χ1v) is 9.16. The molecule has 1 N–H and O–H groups in total. The number of hydrogen-bond donors (Lipinski definition) is 1. The normalized spacial score (nSPS) is 14.0. The molecule has 1 amide bonds. The Balaban J connectivity index is 1.36. The molecule has 1 aliphatic rings. The van der Waals surface area contributed by atoms with Crippen LogP contribution >= 0.6 is 0 Å². The van der Waals surface area contributed by atoms with E-state index in [1.807, 2.05) is 37.3 Å². The Kier molecular flexibility index (Phi) is 5.09. The van der Waals surface area contributed by atoms with Crippen molar-refractivity contribution in [1.29, 1.82) is 0 Å². The molecule has 3 aromatic rings. The van der Waals surface area contributed by atoms with E-state index >= 15 is 0 Å². The minimum absolute atomic E-state index is 0.269. The molecule has 8 heteroatoms. The van der Waals surface area contributed by atoms with Gasteiger partial charge in [0.25, 0.3) is 5.91 Å². The van der Waals surface area contributed by atoms with E-state index in [2.05, 4.69) is 35.1 Å². The second-order valence-corrected chi connectivity index (χ2v) is 6.60. The fraction of sp³-hybridized carbons (Fsp3) is 0.250. The van der Waals surface area contributed by atoms with Crippen LogP contribution in [0.4, 0.5) is 17.5 Å². The molecule has 0 atom stereocenters. The van der Waals surface area contributed by atoms with E-state index in [1.54, 1.807) is 18.6 Å². The van der Waals surface area contributed by atoms with Gasteiger partial charge in [-0.2, -0.15) is 0 Å². The number of aromatic nitrogens is 4. The van der Waals surface area contributed by atoms with Crippen molar-refractivity contribution in [2.45, 2.75) is 6.92 Å². The summed E-state index contributed by atoms with van der Waals surface area (Å²) in [6.45, 7) is 5.20. The molecule has 0 spiro atoms. The summed E-state index contributed by atoms with van der Waals surface area (Å²) in [5.41, 5.74) is 2.17. The van der Waals surface area contributed by atoms with Crippen molar-refractivity contribution < 1.29 is 4.79 Å². The smallest absolute Gasteiger partial charge is 0.275 e. The van der Waals surface area contributed by atoms with Gasteiger partial charge in [-0.05, 0) is 25.1 Å². The molecule has 142 valence electrons. The average molecular weight is 375 g/mol. The SMILES string of the molecule is Cc1ccc(NC(=O)c2cnc(N3CCN(c4ncccn4)CC3)cn2)cc1. The van der Waals surface area contributed by atoms with E-state index in [0.29, 0.717) is 5.69 Å². The van der Waals surface area contributed by atoms with Gasteiger partial charge < -0.3 is 15.1 Å². The molecule has 0 unspecified atom stereocenters. The predicted octanol–water partition coefficient (Wildman–Crippen LogP) is 2.15. The predicted molar refractivity (Wildman–Crippen MR) is 108 cm³/mol. The minimum Gasteiger partial charge on any atom is -0.352 e. The highest BCUT2D eigenvalue weighted by molar-refractivity contribution is 6.02. The Morgan fingerprint density at radius 1 is 0.893 bits per heavy atom. The van der Waals surface area contributed by atoms with Crippen LogP contribution in [-0.4, -0.2) is 52.0 Å². The zero-order chi connectivity index (χ0) is 19.3. The molecule has 0 radical (unpaired) electrons. The first-order chi connectivity index (χ1) is 13.7. The number of carbonyl (C=O) groups excluding carboxylic acids is 1. The van der Waals surface area contributed by atoms with E-state index in [-0.39, 0.29) is 5.91 Å². The van der Waals surface area contributed by atoms with Gasteiger partial charge in [-0.1, -0.05) is 17.7 Å². The molecular weight excluding hydrogens is 354 g/mol. The molecule has 0 aliphatic carbocycles. The molecule has 1 fully saturated rings. The van der Waals surface area contributed by atoms with E-state index in [9.17, 15) is 4.79 Å². The Bertz CT molecular complexity index is 921. The van der Waals surface area contributed by atoms with Gasteiger partial charge in [0.2, 0.25) is 5.95 Å². The number of carbonyl (C=O) groups is 1. The highest BCUT2D eigenvalue weighted by atomic mass is 16.1. The maximum absolute atomic E-state index is 12.3. The van der Waals surface area contributed by atoms with Gasteiger partial charge in [0.15, 0.2) is 0 Å². The number of anilines is 3. The van der Waals surface area contributed by atoms with Crippen molar-refractivity contribution in [2.75, 3.05) is 41.3 Å². The third kappa shape index (κ3) is 4.06. The molecule has 1 aromatic carbocycles. The van der Waals surface area contributed by atoms with E-state index in [0.717, 1.165) is 49.2 Å². The number of benzene rings is 1. The topological polar surface area (TPSA) is 87.1 Å². The molecule has 4 rings (SSSR count). The van der Waals surface area contributed by atoms with E-state index < -0.39 is 0 Å². The van der Waals surface area contributed by atoms with Crippen LogP contribution in [0.2, 0.25) is 0 Å². The Labute approximate surface area is 163 Å². The number of aryl methyl sites for hydroxylation is 1. The van der Waals surface area contributed by atoms with Gasteiger partial charge in [-0.3, -0.25) is 4.79 Å². The van der Waals surface area contributed by atoms with Crippen LogP contribution in [0.1, 0.15) is 16.1 Å². The summed E-state index contributed by atoms with van der Waals surface area (Å²) < 4.78 is 0. The van der Waals surface area contributed by atoms with Crippen molar-refractivity contribution in [2.24, 2.45) is 0 Å². The molecule has 3 heterocycles. The van der Waals surface area contributed by atoms with Crippen LogP contribution in [0.25, 0.3) is 0 Å². The zero-order valence-electron chi connectivity index (χ0n) is 15.6. The van der Waals surface area contributed by atoms with Gasteiger partial charge in [0, 0.05) is 44.3 Å². The quantitative estimate of drug-likeness (QED) is 0.748. The van der Waals surface area contributed by atoms with Gasteiger partial charge in [-0.15, -0.1) is 0 Å². The lowest BCUT2D eigenvalue weighted by atomic mass is 10.2. The Morgan fingerprint density at radius 2 is 1.57 bits per heavy atom. The molecule has 0 saturated carbocycles. The highest BCUT2D eigenvalue weighted by Crippen LogP contribution is 2.16. The van der Waals surface area contributed by atoms with Crippen LogP contribution in [0.15, 0.2) is 55.1 Å². The fourth-order valence-electron chi connectivity index (χ4n) is 3.02. The lowest BCUT2D eigenvalue weighted by Gasteiger charge is -2.35. The van der Waals surface area contributed by atoms with Crippen molar-refractivity contribution >= 4 is 23.4 Å². The number of amides is 1. The molecule has 1 aliphatic heterocycles. The lowest BCUT2D eigenvalue weighted by Crippen LogP contribution is -2.47. The largest absolute Gasteiger partial charge is 0.352 e. The summed E-state index contributed by atoms with van der Waals surface area (Å²) in [6.07, 6.45) is 6.67. The zero-order valence-corrected chi connectivity index (χ0v) is 15.6. The molecule has 8 nitrogen and oxygen atoms in total.